The van der Waals surface area contributed by atoms with Crippen molar-refractivity contribution in [3.63, 3.8) is 0 Å². The molecule has 16 rings (SSSR count). The van der Waals surface area contributed by atoms with E-state index in [0.29, 0.717) is 33.7 Å². The summed E-state index contributed by atoms with van der Waals surface area (Å²) in [6, 6.07) is 96.7. The van der Waals surface area contributed by atoms with Gasteiger partial charge in [0.2, 0.25) is 5.69 Å². The van der Waals surface area contributed by atoms with Crippen LogP contribution in [0.5, 0.6) is 0 Å². The van der Waals surface area contributed by atoms with Gasteiger partial charge in [-0.25, -0.2) is 24.8 Å². The van der Waals surface area contributed by atoms with Gasteiger partial charge in [0.1, 0.15) is 0 Å². The van der Waals surface area contributed by atoms with Crippen LogP contribution in [0.15, 0.2) is 297 Å². The number of hydrogen-bond acceptors (Lipinski definition) is 4. The summed E-state index contributed by atoms with van der Waals surface area (Å²) in [6.07, 6.45) is -4.78. The van der Waals surface area contributed by atoms with E-state index < -0.39 is 11.7 Å². The van der Waals surface area contributed by atoms with Gasteiger partial charge in [-0.15, -0.1) is 0 Å². The first-order valence-electron chi connectivity index (χ1n) is 30.6. The maximum Gasteiger partial charge on any atom is 0.417 e. The van der Waals surface area contributed by atoms with Gasteiger partial charge in [0.15, 0.2) is 0 Å². The third-order valence-electron chi connectivity index (χ3n) is 17.5. The third-order valence-corrected chi connectivity index (χ3v) is 17.5. The first kappa shape index (κ1) is 56.0. The smallest absolute Gasteiger partial charge is 0.319 e. The fourth-order valence-electron chi connectivity index (χ4n) is 13.2. The molecule has 0 fully saturated rings. The number of aromatic nitrogens is 6. The van der Waals surface area contributed by atoms with Gasteiger partial charge in [-0.3, -0.25) is 0 Å². The number of hydrogen-bond donors (Lipinski definition) is 0. The van der Waals surface area contributed by atoms with Crippen LogP contribution in [0, 0.1) is 13.5 Å². The zero-order valence-electron chi connectivity index (χ0n) is 50.1. The number of fused-ring (bicyclic) bond motifs is 6. The van der Waals surface area contributed by atoms with E-state index in [-0.39, 0.29) is 22.5 Å². The standard InChI is InChI=1S/C83H52F3N7/c1-52-20-15-29-66(83(84,85)86)80(52)65-46-47-75(92-76-48-57(71-34-16-30-67(88-71)53-21-7-3-8-22-53)38-42-61(76)62-43-39-58(49-77(62)92)72-35-17-31-68(89-72)54-23-9-4-10-24-54)81(87-2)82(65)93-78-50-59(73-36-18-32-69(90-73)55-25-11-5-12-26-55)40-44-63(78)64-45-41-60(51-79(64)93)74-37-19-33-70(91-74)56-27-13-6-14-28-56/h3-51H,1H3. The molecule has 10 heteroatoms. The molecule has 16 aromatic rings. The number of rotatable bonds is 11. The number of nitrogens with zero attached hydrogens (tertiary/aromatic N) is 7. The van der Waals surface area contributed by atoms with Crippen LogP contribution in [0.1, 0.15) is 11.1 Å². The molecule has 0 amide bonds. The molecule has 93 heavy (non-hydrogen) atoms. The Hall–Kier alpha value is -12.3. The topological polar surface area (TPSA) is 65.8 Å². The van der Waals surface area contributed by atoms with Crippen molar-refractivity contribution in [2.45, 2.75) is 13.1 Å². The quantitative estimate of drug-likeness (QED) is 0.121. The third kappa shape index (κ3) is 10.1. The SMILES string of the molecule is [C-]#[N+]c1c(-n2c3cc(-c4cccc(-c5ccccc5)n4)ccc3c3ccc(-c4cccc(-c5ccccc5)n4)cc32)ccc(-c2c(C)cccc2C(F)(F)F)c1-n1c2cc(-c3cccc(-c4ccccc4)n3)ccc2c2ccc(-c3cccc(-c4ccccc4)n3)cc21. The predicted molar refractivity (Wildman–Crippen MR) is 371 cm³/mol. The zero-order valence-corrected chi connectivity index (χ0v) is 50.1. The zero-order chi connectivity index (χ0) is 62.7. The summed E-state index contributed by atoms with van der Waals surface area (Å²) in [7, 11) is 0. The summed E-state index contributed by atoms with van der Waals surface area (Å²) in [5, 5.41) is 3.43. The van der Waals surface area contributed by atoms with E-state index in [9.17, 15) is 6.57 Å². The second-order valence-electron chi connectivity index (χ2n) is 23.1. The lowest BCUT2D eigenvalue weighted by Crippen LogP contribution is -2.10. The highest BCUT2D eigenvalue weighted by Crippen LogP contribution is 2.50. The van der Waals surface area contributed by atoms with Crippen LogP contribution in [0.4, 0.5) is 18.9 Å². The summed E-state index contributed by atoms with van der Waals surface area (Å²) < 4.78 is 52.2. The van der Waals surface area contributed by atoms with Gasteiger partial charge in [-0.05, 0) is 109 Å². The Balaban J connectivity index is 1.02. The van der Waals surface area contributed by atoms with Crippen LogP contribution in [0.3, 0.4) is 0 Å². The summed E-state index contributed by atoms with van der Waals surface area (Å²) >= 11 is 0. The molecule has 6 aromatic heterocycles. The van der Waals surface area contributed by atoms with E-state index in [1.807, 2.05) is 217 Å². The van der Waals surface area contributed by atoms with E-state index in [2.05, 4.69) is 70.1 Å². The first-order valence-corrected chi connectivity index (χ1v) is 30.6. The molecule has 0 aliphatic rings. The summed E-state index contributed by atoms with van der Waals surface area (Å²) in [4.78, 5) is 25.4. The number of pyridine rings is 4. The molecular formula is C83H52F3N7. The Morgan fingerprint density at radius 2 is 0.634 bits per heavy atom. The van der Waals surface area contributed by atoms with E-state index >= 15 is 13.2 Å². The van der Waals surface area contributed by atoms with E-state index in [1.165, 1.54) is 6.07 Å². The fraction of sp³-hybridized carbons (Fsp3) is 0.0241. The van der Waals surface area contributed by atoms with Crippen molar-refractivity contribution in [3.8, 4) is 113 Å². The highest BCUT2D eigenvalue weighted by molar-refractivity contribution is 6.15. The lowest BCUT2D eigenvalue weighted by Gasteiger charge is -2.23. The molecule has 0 spiro atoms. The Bertz CT molecular complexity index is 5350. The molecule has 440 valence electrons. The minimum atomic E-state index is -4.78. The van der Waals surface area contributed by atoms with Crippen LogP contribution in [0.25, 0.3) is 161 Å². The molecule has 7 nitrogen and oxygen atoms in total. The average molecular weight is 1200 g/mol. The van der Waals surface area contributed by atoms with Crippen molar-refractivity contribution in [1.82, 2.24) is 29.1 Å². The van der Waals surface area contributed by atoms with Gasteiger partial charge >= 0.3 is 6.18 Å². The Morgan fingerprint density at radius 1 is 0.323 bits per heavy atom. The normalized spacial score (nSPS) is 11.6. The van der Waals surface area contributed by atoms with Gasteiger partial charge in [-0.2, -0.15) is 13.2 Å². The van der Waals surface area contributed by atoms with Crippen LogP contribution in [-0.4, -0.2) is 29.1 Å². The maximum absolute atomic E-state index is 16.0. The molecule has 0 saturated carbocycles. The Morgan fingerprint density at radius 3 is 0.957 bits per heavy atom. The average Bonchev–Trinajstić information content (AvgIpc) is 1.59. The van der Waals surface area contributed by atoms with Gasteiger partial charge < -0.3 is 9.13 Å². The van der Waals surface area contributed by atoms with Crippen LogP contribution in [-0.2, 0) is 6.18 Å². The highest BCUT2D eigenvalue weighted by Gasteiger charge is 2.36. The van der Waals surface area contributed by atoms with Gasteiger partial charge in [0.05, 0.1) is 91.1 Å². The van der Waals surface area contributed by atoms with Crippen molar-refractivity contribution in [2.75, 3.05) is 0 Å². The molecule has 0 unspecified atom stereocenters. The predicted octanol–water partition coefficient (Wildman–Crippen LogP) is 22.3. The van der Waals surface area contributed by atoms with E-state index in [4.69, 9.17) is 19.9 Å². The second kappa shape index (κ2) is 22.9. The molecule has 0 bridgehead atoms. The van der Waals surface area contributed by atoms with Crippen molar-refractivity contribution < 1.29 is 13.2 Å². The molecule has 6 heterocycles. The van der Waals surface area contributed by atoms with Crippen LogP contribution < -0.4 is 0 Å². The number of alkyl halides is 3. The second-order valence-corrected chi connectivity index (χ2v) is 23.1. The molecule has 0 aliphatic carbocycles. The molecule has 0 N–H and O–H groups in total. The molecule has 0 aliphatic heterocycles. The van der Waals surface area contributed by atoms with E-state index in [1.54, 1.807) is 19.1 Å². The van der Waals surface area contributed by atoms with Crippen LogP contribution in [0.2, 0.25) is 0 Å². The summed E-state index contributed by atoms with van der Waals surface area (Å²) in [6.45, 7) is 11.4. The monoisotopic (exact) mass is 1200 g/mol. The molecule has 0 atom stereocenters. The lowest BCUT2D eigenvalue weighted by molar-refractivity contribution is -0.137. The Kier molecular flexibility index (Phi) is 13.8. The molecule has 10 aromatic carbocycles. The van der Waals surface area contributed by atoms with Gasteiger partial charge in [0, 0.05) is 66.1 Å². The minimum Gasteiger partial charge on any atom is -0.319 e. The molecule has 0 radical (unpaired) electrons. The van der Waals surface area contributed by atoms with E-state index in [0.717, 1.165) is 117 Å². The fourth-order valence-corrected chi connectivity index (χ4v) is 13.2. The number of aryl methyl sites for hydroxylation is 1. The van der Waals surface area contributed by atoms with Crippen molar-refractivity contribution in [1.29, 1.82) is 0 Å². The largest absolute Gasteiger partial charge is 0.417 e. The first-order chi connectivity index (χ1) is 45.6. The Labute approximate surface area is 534 Å². The highest BCUT2D eigenvalue weighted by atomic mass is 19.4. The van der Waals surface area contributed by atoms with Crippen molar-refractivity contribution >= 4 is 49.3 Å². The van der Waals surface area contributed by atoms with Crippen molar-refractivity contribution in [3.05, 3.63) is 320 Å². The number of benzene rings is 10. The summed E-state index contributed by atoms with van der Waals surface area (Å²) in [5.74, 6) is 0. The summed E-state index contributed by atoms with van der Waals surface area (Å²) in [5.41, 5.74) is 16.5. The van der Waals surface area contributed by atoms with Crippen molar-refractivity contribution in [2.24, 2.45) is 0 Å². The van der Waals surface area contributed by atoms with Gasteiger partial charge in [-0.1, -0.05) is 212 Å². The maximum atomic E-state index is 16.0. The van der Waals surface area contributed by atoms with Gasteiger partial charge in [0.25, 0.3) is 0 Å². The van der Waals surface area contributed by atoms with Crippen LogP contribution >= 0.6 is 0 Å². The lowest BCUT2D eigenvalue weighted by atomic mass is 9.92. The molecular weight excluding hydrogens is 1150 g/mol. The minimum absolute atomic E-state index is 0.0336. The molecule has 0 saturated heterocycles. The number of halogens is 3.